The van der Waals surface area contributed by atoms with Gasteiger partial charge in [-0.3, -0.25) is 14.5 Å². The third-order valence-electron chi connectivity index (χ3n) is 5.61. The van der Waals surface area contributed by atoms with Crippen LogP contribution < -0.4 is 10.2 Å². The summed E-state index contributed by atoms with van der Waals surface area (Å²) in [6, 6.07) is 16.9. The van der Waals surface area contributed by atoms with Crippen LogP contribution in [0, 0.1) is 6.92 Å². The Hall–Kier alpha value is -3.94. The predicted molar refractivity (Wildman–Crippen MR) is 117 cm³/mol. The molecule has 0 saturated heterocycles. The number of hydrogen-bond donors (Lipinski definition) is 1. The molecule has 0 spiro atoms. The van der Waals surface area contributed by atoms with Crippen LogP contribution in [0.5, 0.6) is 0 Å². The van der Waals surface area contributed by atoms with Crippen LogP contribution >= 0.6 is 0 Å². The highest BCUT2D eigenvalue weighted by Crippen LogP contribution is 2.25. The van der Waals surface area contributed by atoms with E-state index < -0.39 is 6.04 Å². The molecule has 0 saturated carbocycles. The second kappa shape index (κ2) is 7.39. The van der Waals surface area contributed by atoms with Crippen LogP contribution in [0.15, 0.2) is 60.8 Å². The van der Waals surface area contributed by atoms with Gasteiger partial charge in [0.1, 0.15) is 11.9 Å². The van der Waals surface area contributed by atoms with Gasteiger partial charge in [-0.15, -0.1) is 0 Å². The van der Waals surface area contributed by atoms with Gasteiger partial charge in [-0.1, -0.05) is 36.4 Å². The Morgan fingerprint density at radius 2 is 1.90 bits per heavy atom. The van der Waals surface area contributed by atoms with E-state index in [1.165, 1.54) is 0 Å². The molecule has 5 rings (SSSR count). The summed E-state index contributed by atoms with van der Waals surface area (Å²) < 4.78 is 3.49. The normalized spacial score (nSPS) is 16.3. The monoisotopic (exact) mass is 414 g/mol. The molecule has 4 aromatic rings. The number of aryl methyl sites for hydroxylation is 2. The highest BCUT2D eigenvalue weighted by Gasteiger charge is 2.31. The molecule has 1 aliphatic rings. The van der Waals surface area contributed by atoms with Crippen LogP contribution in [0.2, 0.25) is 0 Å². The molecule has 0 bridgehead atoms. The van der Waals surface area contributed by atoms with Crippen molar-refractivity contribution in [2.24, 2.45) is 0 Å². The van der Waals surface area contributed by atoms with Gasteiger partial charge in [0.15, 0.2) is 5.69 Å². The zero-order valence-corrected chi connectivity index (χ0v) is 17.3. The minimum absolute atomic E-state index is 0.166. The number of fused-ring (bicyclic) bond motifs is 2. The minimum atomic E-state index is -0.641. The average Bonchev–Trinajstić information content (AvgIpc) is 3.37. The van der Waals surface area contributed by atoms with Gasteiger partial charge in [-0.05, 0) is 31.0 Å². The molecule has 0 fully saturated rings. The number of nitrogens with one attached hydrogen (secondary N) is 1. The first kappa shape index (κ1) is 19.0. The number of carbonyl (C=O) groups excluding carboxylic acids is 2. The Morgan fingerprint density at radius 1 is 1.10 bits per heavy atom. The lowest BCUT2D eigenvalue weighted by Crippen LogP contribution is -2.46. The van der Waals surface area contributed by atoms with Crippen LogP contribution in [-0.2, 0) is 11.3 Å². The Kier molecular flexibility index (Phi) is 4.54. The maximum absolute atomic E-state index is 13.0. The maximum atomic E-state index is 13.0. The number of benzene rings is 1. The van der Waals surface area contributed by atoms with Gasteiger partial charge in [-0.25, -0.2) is 9.20 Å². The number of aromatic nitrogens is 4. The van der Waals surface area contributed by atoms with Crippen LogP contribution in [0.25, 0.3) is 16.6 Å². The maximum Gasteiger partial charge on any atom is 0.272 e. The molecule has 8 nitrogen and oxygen atoms in total. The lowest BCUT2D eigenvalue weighted by molar-refractivity contribution is -0.120. The topological polar surface area (TPSA) is 84.5 Å². The Bertz CT molecular complexity index is 1290. The van der Waals surface area contributed by atoms with Gasteiger partial charge in [-0.2, -0.15) is 10.2 Å². The zero-order chi connectivity index (χ0) is 21.5. The molecule has 31 heavy (non-hydrogen) atoms. The summed E-state index contributed by atoms with van der Waals surface area (Å²) in [6.07, 6.45) is 2.27. The average molecular weight is 414 g/mol. The van der Waals surface area contributed by atoms with Crippen molar-refractivity contribution in [3.63, 3.8) is 0 Å². The zero-order valence-electron chi connectivity index (χ0n) is 17.3. The number of rotatable bonds is 3. The van der Waals surface area contributed by atoms with Crippen LogP contribution in [0.3, 0.4) is 0 Å². The fraction of sp³-hybridized carbons (Fsp3) is 0.217. The summed E-state index contributed by atoms with van der Waals surface area (Å²) in [6.45, 7) is 2.44. The van der Waals surface area contributed by atoms with E-state index in [0.717, 1.165) is 28.2 Å². The molecule has 0 aliphatic carbocycles. The number of hydrogen-bond acceptors (Lipinski definition) is 4. The fourth-order valence-electron chi connectivity index (χ4n) is 4.04. The van der Waals surface area contributed by atoms with Gasteiger partial charge in [0.05, 0.1) is 11.2 Å². The first-order chi connectivity index (χ1) is 15.0. The first-order valence-corrected chi connectivity index (χ1v) is 10.2. The molecule has 3 aromatic heterocycles. The summed E-state index contributed by atoms with van der Waals surface area (Å²) in [5.74, 6) is 0.199. The van der Waals surface area contributed by atoms with Crippen molar-refractivity contribution in [3.05, 3.63) is 72.2 Å². The van der Waals surface area contributed by atoms with Crippen molar-refractivity contribution in [2.75, 3.05) is 11.9 Å². The molecule has 1 unspecified atom stereocenters. The highest BCUT2D eigenvalue weighted by molar-refractivity contribution is 6.02. The van der Waals surface area contributed by atoms with Gasteiger partial charge in [0.2, 0.25) is 0 Å². The lowest BCUT2D eigenvalue weighted by Gasteiger charge is -2.20. The molecule has 8 heteroatoms. The number of carbonyl (C=O) groups is 2. The van der Waals surface area contributed by atoms with Crippen LogP contribution in [-0.4, -0.2) is 44.3 Å². The predicted octanol–water partition coefficient (Wildman–Crippen LogP) is 2.67. The SMILES string of the molecule is Cc1cc2n(n1)CCC(NC(=O)c1cc3c(-c4ccccc4)cccn3n1)C(=O)N2C. The summed E-state index contributed by atoms with van der Waals surface area (Å²) in [7, 11) is 1.71. The van der Waals surface area contributed by atoms with Crippen molar-refractivity contribution < 1.29 is 9.59 Å². The summed E-state index contributed by atoms with van der Waals surface area (Å²) in [4.78, 5) is 27.5. The summed E-state index contributed by atoms with van der Waals surface area (Å²) in [5.41, 5.74) is 4.00. The standard InChI is InChI=1S/C23H22N6O2/c1-15-13-21-27(2)23(31)18(10-12-29(21)25-15)24-22(30)19-14-20-17(9-6-11-28(20)26-19)16-7-4-3-5-8-16/h3-9,11,13-14,18H,10,12H2,1-2H3,(H,24,30). The molecular formula is C23H22N6O2. The summed E-state index contributed by atoms with van der Waals surface area (Å²) >= 11 is 0. The van der Waals surface area contributed by atoms with Crippen molar-refractivity contribution in [2.45, 2.75) is 25.9 Å². The van der Waals surface area contributed by atoms with E-state index in [4.69, 9.17) is 0 Å². The number of pyridine rings is 1. The molecule has 2 amide bonds. The Labute approximate surface area is 179 Å². The molecule has 156 valence electrons. The van der Waals surface area contributed by atoms with E-state index in [9.17, 15) is 9.59 Å². The van der Waals surface area contributed by atoms with E-state index in [1.54, 1.807) is 27.2 Å². The first-order valence-electron chi connectivity index (χ1n) is 10.2. The largest absolute Gasteiger partial charge is 0.339 e. The second-order valence-electron chi connectivity index (χ2n) is 7.73. The van der Waals surface area contributed by atoms with Gasteiger partial charge < -0.3 is 5.32 Å². The van der Waals surface area contributed by atoms with Gasteiger partial charge in [0, 0.05) is 31.4 Å². The lowest BCUT2D eigenvalue weighted by atomic mass is 10.1. The van der Waals surface area contributed by atoms with Crippen molar-refractivity contribution in [3.8, 4) is 11.1 Å². The van der Waals surface area contributed by atoms with E-state index >= 15 is 0 Å². The smallest absolute Gasteiger partial charge is 0.272 e. The van der Waals surface area contributed by atoms with Gasteiger partial charge >= 0.3 is 0 Å². The number of anilines is 1. The van der Waals surface area contributed by atoms with E-state index in [-0.39, 0.29) is 17.5 Å². The Morgan fingerprint density at radius 3 is 2.71 bits per heavy atom. The molecule has 1 aromatic carbocycles. The van der Waals surface area contributed by atoms with Crippen LogP contribution in [0.4, 0.5) is 5.82 Å². The highest BCUT2D eigenvalue weighted by atomic mass is 16.2. The van der Waals surface area contributed by atoms with Crippen molar-refractivity contribution in [1.82, 2.24) is 24.7 Å². The Balaban J connectivity index is 1.41. The van der Waals surface area contributed by atoms with Gasteiger partial charge in [0.25, 0.3) is 11.8 Å². The summed E-state index contributed by atoms with van der Waals surface area (Å²) in [5, 5.41) is 11.7. The molecular weight excluding hydrogens is 392 g/mol. The van der Waals surface area contributed by atoms with Crippen LogP contribution in [0.1, 0.15) is 22.6 Å². The molecule has 1 atom stereocenters. The molecule has 0 radical (unpaired) electrons. The number of amides is 2. The third-order valence-corrected chi connectivity index (χ3v) is 5.61. The quantitative estimate of drug-likeness (QED) is 0.559. The van der Waals surface area contributed by atoms with E-state index in [2.05, 4.69) is 15.5 Å². The van der Waals surface area contributed by atoms with Crippen molar-refractivity contribution in [1.29, 1.82) is 0 Å². The molecule has 4 heterocycles. The van der Waals surface area contributed by atoms with Crippen molar-refractivity contribution >= 4 is 23.1 Å². The molecule has 1 N–H and O–H groups in total. The van der Waals surface area contributed by atoms with E-state index in [1.807, 2.05) is 61.7 Å². The van der Waals surface area contributed by atoms with E-state index in [0.29, 0.717) is 13.0 Å². The second-order valence-corrected chi connectivity index (χ2v) is 7.73. The molecule has 1 aliphatic heterocycles. The number of nitrogens with zero attached hydrogens (tertiary/aromatic N) is 5. The number of likely N-dealkylation sites (N-methyl/N-ethyl adjacent to an activating group) is 1. The third kappa shape index (κ3) is 3.35. The minimum Gasteiger partial charge on any atom is -0.339 e. The fourth-order valence-corrected chi connectivity index (χ4v) is 4.04.